The van der Waals surface area contributed by atoms with Gasteiger partial charge in [0.05, 0.1) is 6.61 Å². The van der Waals surface area contributed by atoms with Crippen LogP contribution in [-0.4, -0.2) is 6.61 Å². The Hall–Kier alpha value is -2.09. The van der Waals surface area contributed by atoms with Crippen LogP contribution in [0.4, 0.5) is 4.39 Å². The van der Waals surface area contributed by atoms with Gasteiger partial charge in [-0.25, -0.2) is 4.39 Å². The summed E-state index contributed by atoms with van der Waals surface area (Å²) in [6.45, 7) is 5.05. The lowest BCUT2D eigenvalue weighted by atomic mass is 9.91. The Balaban J connectivity index is 1.61. The van der Waals surface area contributed by atoms with Crippen LogP contribution in [0, 0.1) is 11.7 Å². The Morgan fingerprint density at radius 1 is 1.12 bits per heavy atom. The largest absolute Gasteiger partial charge is 0.493 e. The Bertz CT molecular complexity index is 715. The van der Waals surface area contributed by atoms with Crippen LogP contribution < -0.4 is 4.74 Å². The number of halogens is 1. The van der Waals surface area contributed by atoms with Crippen LogP contribution in [0.3, 0.4) is 0 Å². The van der Waals surface area contributed by atoms with Crippen molar-refractivity contribution in [3.63, 3.8) is 0 Å². The molecule has 1 atom stereocenters. The monoisotopic (exact) mass is 324 g/mol. The molecule has 1 aliphatic carbocycles. The molecule has 2 heteroatoms. The number of aryl methyl sites for hydroxylation is 1. The summed E-state index contributed by atoms with van der Waals surface area (Å²) in [4.78, 5) is 0. The lowest BCUT2D eigenvalue weighted by Gasteiger charge is -2.19. The Morgan fingerprint density at radius 3 is 2.67 bits per heavy atom. The molecule has 0 heterocycles. The Labute approximate surface area is 144 Å². The van der Waals surface area contributed by atoms with Gasteiger partial charge in [-0.3, -0.25) is 0 Å². The van der Waals surface area contributed by atoms with Crippen LogP contribution in [0.25, 0.3) is 5.57 Å². The van der Waals surface area contributed by atoms with Gasteiger partial charge in [0.15, 0.2) is 0 Å². The molecule has 0 saturated heterocycles. The second kappa shape index (κ2) is 7.65. The van der Waals surface area contributed by atoms with Crippen molar-refractivity contribution < 1.29 is 9.13 Å². The zero-order valence-electron chi connectivity index (χ0n) is 14.5. The molecule has 0 bridgehead atoms. The van der Waals surface area contributed by atoms with E-state index in [0.29, 0.717) is 12.5 Å². The predicted octanol–water partition coefficient (Wildman–Crippen LogP) is 5.82. The van der Waals surface area contributed by atoms with Crippen molar-refractivity contribution in [3.8, 4) is 5.75 Å². The average molecular weight is 324 g/mol. The van der Waals surface area contributed by atoms with Crippen molar-refractivity contribution in [2.45, 2.75) is 39.5 Å². The van der Waals surface area contributed by atoms with E-state index in [2.05, 4.69) is 38.1 Å². The van der Waals surface area contributed by atoms with Crippen LogP contribution in [0.1, 0.15) is 43.4 Å². The zero-order valence-corrected chi connectivity index (χ0v) is 14.5. The zero-order chi connectivity index (χ0) is 16.9. The normalized spacial score (nSPS) is 14.7. The number of ether oxygens (including phenoxy) is 1. The fourth-order valence-electron chi connectivity index (χ4n) is 3.29. The number of benzene rings is 2. The van der Waals surface area contributed by atoms with Gasteiger partial charge in [-0.1, -0.05) is 31.2 Å². The van der Waals surface area contributed by atoms with Crippen molar-refractivity contribution in [3.05, 3.63) is 71.0 Å². The summed E-state index contributed by atoms with van der Waals surface area (Å²) in [6.07, 6.45) is 6.48. The third-order valence-electron chi connectivity index (χ3n) is 4.87. The lowest BCUT2D eigenvalue weighted by Crippen LogP contribution is -2.14. The first-order chi connectivity index (χ1) is 11.7. The van der Waals surface area contributed by atoms with E-state index >= 15 is 0 Å². The molecule has 0 aromatic heterocycles. The molecule has 1 nitrogen and oxygen atoms in total. The van der Waals surface area contributed by atoms with Gasteiger partial charge >= 0.3 is 0 Å². The molecule has 3 rings (SSSR count). The summed E-state index contributed by atoms with van der Waals surface area (Å²) in [7, 11) is 0. The molecule has 0 spiro atoms. The second-order valence-corrected chi connectivity index (χ2v) is 6.66. The molecule has 2 aromatic rings. The summed E-state index contributed by atoms with van der Waals surface area (Å²) >= 11 is 0. The molecule has 0 radical (unpaired) electrons. The quantitative estimate of drug-likeness (QED) is 0.650. The number of allylic oxidation sites excluding steroid dienone is 2. The second-order valence-electron chi connectivity index (χ2n) is 6.66. The molecule has 0 saturated carbocycles. The SMILES string of the molecule is CC[C@H](COc1ccc2c(c1)CCC=C2C)Cc1ccc(F)cc1. The topological polar surface area (TPSA) is 9.23 Å². The van der Waals surface area contributed by atoms with E-state index in [9.17, 15) is 4.39 Å². The average Bonchev–Trinajstić information content (AvgIpc) is 2.60. The number of hydrogen-bond acceptors (Lipinski definition) is 1. The molecule has 0 fully saturated rings. The number of rotatable bonds is 6. The van der Waals surface area contributed by atoms with Crippen molar-refractivity contribution in [1.29, 1.82) is 0 Å². The van der Waals surface area contributed by atoms with Gasteiger partial charge < -0.3 is 4.74 Å². The predicted molar refractivity (Wildman–Crippen MR) is 97.8 cm³/mol. The van der Waals surface area contributed by atoms with Gasteiger partial charge in [0, 0.05) is 0 Å². The van der Waals surface area contributed by atoms with Gasteiger partial charge in [0.2, 0.25) is 0 Å². The minimum Gasteiger partial charge on any atom is -0.493 e. The van der Waals surface area contributed by atoms with E-state index in [1.54, 1.807) is 0 Å². The summed E-state index contributed by atoms with van der Waals surface area (Å²) in [6, 6.07) is 13.2. The first-order valence-corrected chi connectivity index (χ1v) is 8.83. The van der Waals surface area contributed by atoms with E-state index in [1.165, 1.54) is 28.8 Å². The van der Waals surface area contributed by atoms with Crippen LogP contribution in [0.5, 0.6) is 5.75 Å². The minimum atomic E-state index is -0.179. The van der Waals surface area contributed by atoms with Gasteiger partial charge in [0.1, 0.15) is 11.6 Å². The molecule has 0 unspecified atom stereocenters. The molecule has 1 aliphatic rings. The Morgan fingerprint density at radius 2 is 1.92 bits per heavy atom. The molecular weight excluding hydrogens is 299 g/mol. The lowest BCUT2D eigenvalue weighted by molar-refractivity contribution is 0.243. The highest BCUT2D eigenvalue weighted by Gasteiger charge is 2.12. The van der Waals surface area contributed by atoms with Crippen LogP contribution in [0.2, 0.25) is 0 Å². The van der Waals surface area contributed by atoms with E-state index in [4.69, 9.17) is 4.74 Å². The van der Waals surface area contributed by atoms with Crippen LogP contribution >= 0.6 is 0 Å². The van der Waals surface area contributed by atoms with E-state index in [-0.39, 0.29) is 5.82 Å². The molecule has 24 heavy (non-hydrogen) atoms. The smallest absolute Gasteiger partial charge is 0.123 e. The van der Waals surface area contributed by atoms with Gasteiger partial charge in [-0.05, 0) is 85.1 Å². The van der Waals surface area contributed by atoms with Crippen molar-refractivity contribution in [2.75, 3.05) is 6.61 Å². The summed E-state index contributed by atoms with van der Waals surface area (Å²) in [5.74, 6) is 1.22. The fraction of sp³-hybridized carbons (Fsp3) is 0.364. The summed E-state index contributed by atoms with van der Waals surface area (Å²) in [5.41, 5.74) is 5.27. The number of hydrogen-bond donors (Lipinski definition) is 0. The molecule has 2 aromatic carbocycles. The number of fused-ring (bicyclic) bond motifs is 1. The summed E-state index contributed by atoms with van der Waals surface area (Å²) < 4.78 is 19.1. The first-order valence-electron chi connectivity index (χ1n) is 8.83. The maximum Gasteiger partial charge on any atom is 0.123 e. The molecule has 0 N–H and O–H groups in total. The van der Waals surface area contributed by atoms with E-state index in [0.717, 1.165) is 37.0 Å². The van der Waals surface area contributed by atoms with E-state index < -0.39 is 0 Å². The molecule has 126 valence electrons. The van der Waals surface area contributed by atoms with Gasteiger partial charge in [-0.15, -0.1) is 0 Å². The van der Waals surface area contributed by atoms with Crippen molar-refractivity contribution >= 4 is 5.57 Å². The minimum absolute atomic E-state index is 0.179. The molecule has 0 amide bonds. The maximum absolute atomic E-state index is 13.0. The van der Waals surface area contributed by atoms with Crippen molar-refractivity contribution in [1.82, 2.24) is 0 Å². The Kier molecular flexibility index (Phi) is 5.34. The van der Waals surface area contributed by atoms with Gasteiger partial charge in [-0.2, -0.15) is 0 Å². The highest BCUT2D eigenvalue weighted by Crippen LogP contribution is 2.29. The molecular formula is C22H25FO. The third-order valence-corrected chi connectivity index (χ3v) is 4.87. The standard InChI is InChI=1S/C22H25FO/c1-3-17(13-18-7-9-20(23)10-8-18)15-24-21-11-12-22-16(2)5-4-6-19(22)14-21/h5,7-12,14,17H,3-4,6,13,15H2,1-2H3/t17-/m0/s1. The highest BCUT2D eigenvalue weighted by atomic mass is 19.1. The third kappa shape index (κ3) is 4.05. The fourth-order valence-corrected chi connectivity index (χ4v) is 3.29. The summed E-state index contributed by atoms with van der Waals surface area (Å²) in [5, 5.41) is 0. The van der Waals surface area contributed by atoms with Crippen LogP contribution in [0.15, 0.2) is 48.5 Å². The van der Waals surface area contributed by atoms with E-state index in [1.807, 2.05) is 12.1 Å². The maximum atomic E-state index is 13.0. The highest BCUT2D eigenvalue weighted by molar-refractivity contribution is 5.69. The van der Waals surface area contributed by atoms with Gasteiger partial charge in [0.25, 0.3) is 0 Å². The van der Waals surface area contributed by atoms with Crippen LogP contribution in [-0.2, 0) is 12.8 Å². The molecule has 0 aliphatic heterocycles. The van der Waals surface area contributed by atoms with Crippen molar-refractivity contribution in [2.24, 2.45) is 5.92 Å². The first kappa shape index (κ1) is 16.8.